The number of carboxylic acid groups (broad SMARTS) is 1. The number of halogens is 1. The van der Waals surface area contributed by atoms with Crippen LogP contribution in [0.15, 0.2) is 64.8 Å². The molecule has 0 unspecified atom stereocenters. The minimum Gasteiger partial charge on any atom is -0.505 e. The third kappa shape index (κ3) is 4.05. The van der Waals surface area contributed by atoms with Gasteiger partial charge in [0.25, 0.3) is 0 Å². The van der Waals surface area contributed by atoms with Crippen molar-refractivity contribution in [2.24, 2.45) is 10.2 Å². The van der Waals surface area contributed by atoms with Gasteiger partial charge in [-0.2, -0.15) is 15.2 Å². The van der Waals surface area contributed by atoms with E-state index in [1.807, 2.05) is 6.07 Å². The number of phenolic OH excluding ortho intramolecular Hbond substituents is 1. The zero-order valence-electron chi connectivity index (χ0n) is 18.4. The molecule has 0 aliphatic carbocycles. The van der Waals surface area contributed by atoms with Crippen LogP contribution in [0.1, 0.15) is 22.8 Å². The molecule has 0 bridgehead atoms. The number of nitrogens with zero attached hydrogens (tertiary/aromatic N) is 3. The number of nitrogens with one attached hydrogen (secondary N) is 1. The Labute approximate surface area is 198 Å². The number of hydrogen-bond donors (Lipinski definition) is 3. The lowest BCUT2D eigenvalue weighted by atomic mass is 10.0. The van der Waals surface area contributed by atoms with Gasteiger partial charge in [-0.3, -0.25) is 10.2 Å². The van der Waals surface area contributed by atoms with Gasteiger partial charge in [-0.15, -0.1) is 0 Å². The minimum atomic E-state index is -1.15. The summed E-state index contributed by atoms with van der Waals surface area (Å²) in [5.74, 6) is -1.90. The van der Waals surface area contributed by atoms with Crippen molar-refractivity contribution in [1.82, 2.24) is 0 Å². The summed E-state index contributed by atoms with van der Waals surface area (Å²) in [4.78, 5) is 24.3. The van der Waals surface area contributed by atoms with Gasteiger partial charge in [-0.05, 0) is 54.4 Å². The summed E-state index contributed by atoms with van der Waals surface area (Å²) in [6, 6.07) is 13.2. The van der Waals surface area contributed by atoms with Crippen molar-refractivity contribution < 1.29 is 28.9 Å². The minimum absolute atomic E-state index is 0.000153. The smallest absolute Gasteiger partial charge is 0.335 e. The average Bonchev–Trinajstić information content (AvgIpc) is 3.42. The standard InChI is InChI=1S/C25H19FN4O5/c1-13-22(24(32)30(29-13)18-5-6-21-15(10-18)7-8-35-21)28-27-20-12-17(26)11-19(23(20)31)14-3-2-4-16(9-14)25(33)34/h2-6,9-12,27,31H,7-8H2,1H3,(H,33,34)/b28-22-. The molecule has 3 aromatic carbocycles. The van der Waals surface area contributed by atoms with Crippen molar-refractivity contribution in [2.75, 3.05) is 17.0 Å². The highest BCUT2D eigenvalue weighted by molar-refractivity contribution is 6.71. The van der Waals surface area contributed by atoms with E-state index in [2.05, 4.69) is 15.6 Å². The molecule has 35 heavy (non-hydrogen) atoms. The molecule has 2 aliphatic rings. The second-order valence-corrected chi connectivity index (χ2v) is 8.00. The van der Waals surface area contributed by atoms with Crippen LogP contribution in [-0.2, 0) is 11.2 Å². The number of carbonyl (C=O) groups is 2. The van der Waals surface area contributed by atoms with Gasteiger partial charge in [-0.25, -0.2) is 9.18 Å². The van der Waals surface area contributed by atoms with Gasteiger partial charge in [0.1, 0.15) is 23.0 Å². The van der Waals surface area contributed by atoms with Crippen LogP contribution in [0, 0.1) is 5.82 Å². The van der Waals surface area contributed by atoms with Gasteiger partial charge < -0.3 is 14.9 Å². The first-order valence-corrected chi connectivity index (χ1v) is 10.7. The van der Waals surface area contributed by atoms with Gasteiger partial charge in [0, 0.05) is 18.1 Å². The quantitative estimate of drug-likeness (QED) is 0.379. The summed E-state index contributed by atoms with van der Waals surface area (Å²) in [5, 5.41) is 29.6. The van der Waals surface area contributed by atoms with Crippen LogP contribution in [0.3, 0.4) is 0 Å². The number of carboxylic acids is 1. The van der Waals surface area contributed by atoms with Gasteiger partial charge in [0.15, 0.2) is 5.71 Å². The van der Waals surface area contributed by atoms with Gasteiger partial charge >= 0.3 is 11.9 Å². The third-order valence-corrected chi connectivity index (χ3v) is 5.69. The highest BCUT2D eigenvalue weighted by Gasteiger charge is 2.31. The molecule has 10 heteroatoms. The molecular weight excluding hydrogens is 455 g/mol. The number of rotatable bonds is 5. The fraction of sp³-hybridized carbons (Fsp3) is 0.120. The predicted molar refractivity (Wildman–Crippen MR) is 128 cm³/mol. The molecule has 176 valence electrons. The zero-order valence-corrected chi connectivity index (χ0v) is 18.4. The average molecular weight is 474 g/mol. The third-order valence-electron chi connectivity index (χ3n) is 5.69. The van der Waals surface area contributed by atoms with Crippen LogP contribution in [0.5, 0.6) is 11.5 Å². The number of benzene rings is 3. The number of aromatic hydroxyl groups is 1. The van der Waals surface area contributed by atoms with Crippen molar-refractivity contribution in [2.45, 2.75) is 13.3 Å². The molecule has 0 fully saturated rings. The summed E-state index contributed by atoms with van der Waals surface area (Å²) >= 11 is 0. The van der Waals surface area contributed by atoms with Crippen LogP contribution in [0.2, 0.25) is 0 Å². The van der Waals surface area contributed by atoms with Gasteiger partial charge in [0.2, 0.25) is 0 Å². The maximum absolute atomic E-state index is 14.4. The molecule has 3 N–H and O–H groups in total. The van der Waals surface area contributed by atoms with Crippen molar-refractivity contribution in [3.05, 3.63) is 71.5 Å². The maximum atomic E-state index is 14.4. The molecule has 0 spiro atoms. The lowest BCUT2D eigenvalue weighted by molar-refractivity contribution is -0.112. The molecule has 0 saturated heterocycles. The molecule has 1 amide bonds. The van der Waals surface area contributed by atoms with E-state index in [1.165, 1.54) is 23.2 Å². The molecular formula is C25H19FN4O5. The Morgan fingerprint density at radius 1 is 1.20 bits per heavy atom. The monoisotopic (exact) mass is 474 g/mol. The van der Waals surface area contributed by atoms with E-state index in [1.54, 1.807) is 25.1 Å². The van der Waals surface area contributed by atoms with Crippen LogP contribution >= 0.6 is 0 Å². The first kappa shape index (κ1) is 22.1. The predicted octanol–water partition coefficient (Wildman–Crippen LogP) is 4.02. The maximum Gasteiger partial charge on any atom is 0.335 e. The SMILES string of the molecule is CC1=NN(c2ccc3c(c2)CCO3)C(=O)/C1=N\Nc1cc(F)cc(-c2cccc(C(=O)O)c2)c1O. The molecule has 0 aromatic heterocycles. The van der Waals surface area contributed by atoms with Crippen LogP contribution in [0.4, 0.5) is 15.8 Å². The zero-order chi connectivity index (χ0) is 24.7. The molecule has 5 rings (SSSR count). The van der Waals surface area contributed by atoms with E-state index in [9.17, 15) is 24.2 Å². The Hall–Kier alpha value is -4.73. The van der Waals surface area contributed by atoms with E-state index in [-0.39, 0.29) is 28.3 Å². The number of aromatic carboxylic acids is 1. The molecule has 0 radical (unpaired) electrons. The Morgan fingerprint density at radius 3 is 2.83 bits per heavy atom. The number of anilines is 2. The highest BCUT2D eigenvalue weighted by Crippen LogP contribution is 2.37. The van der Waals surface area contributed by atoms with E-state index in [4.69, 9.17) is 4.74 Å². The van der Waals surface area contributed by atoms with Crippen LogP contribution < -0.4 is 15.2 Å². The highest BCUT2D eigenvalue weighted by atomic mass is 19.1. The number of hydrazone groups is 2. The van der Waals surface area contributed by atoms with E-state index in [0.29, 0.717) is 23.6 Å². The molecule has 2 aliphatic heterocycles. The summed E-state index contributed by atoms with van der Waals surface area (Å²) < 4.78 is 19.9. The van der Waals surface area contributed by atoms with Crippen molar-refractivity contribution in [3.8, 4) is 22.6 Å². The van der Waals surface area contributed by atoms with Gasteiger partial charge in [-0.1, -0.05) is 12.1 Å². The second kappa shape index (κ2) is 8.56. The van der Waals surface area contributed by atoms with Crippen LogP contribution in [0.25, 0.3) is 11.1 Å². The number of fused-ring (bicyclic) bond motifs is 1. The molecule has 0 saturated carbocycles. The summed E-state index contributed by atoms with van der Waals surface area (Å²) in [6.07, 6.45) is 0.743. The number of carbonyl (C=O) groups excluding carboxylic acids is 1. The Morgan fingerprint density at radius 2 is 2.03 bits per heavy atom. The number of phenols is 1. The normalized spacial score (nSPS) is 15.7. The number of ether oxygens (including phenoxy) is 1. The molecule has 3 aromatic rings. The van der Waals surface area contributed by atoms with Crippen LogP contribution in [-0.4, -0.2) is 40.1 Å². The molecule has 9 nitrogen and oxygen atoms in total. The first-order valence-electron chi connectivity index (χ1n) is 10.7. The summed E-state index contributed by atoms with van der Waals surface area (Å²) in [7, 11) is 0. The number of amides is 1. The number of hydrogen-bond acceptors (Lipinski definition) is 7. The largest absolute Gasteiger partial charge is 0.505 e. The topological polar surface area (TPSA) is 124 Å². The summed E-state index contributed by atoms with van der Waals surface area (Å²) in [5.41, 5.74) is 4.71. The van der Waals surface area contributed by atoms with Gasteiger partial charge in [0.05, 0.1) is 23.6 Å². The lowest BCUT2D eigenvalue weighted by Crippen LogP contribution is -2.28. The molecule has 2 heterocycles. The summed E-state index contributed by atoms with van der Waals surface area (Å²) in [6.45, 7) is 2.20. The fourth-order valence-electron chi connectivity index (χ4n) is 3.95. The Bertz CT molecular complexity index is 1450. The van der Waals surface area contributed by atoms with E-state index in [0.717, 1.165) is 29.9 Å². The lowest BCUT2D eigenvalue weighted by Gasteiger charge is -2.13. The molecule has 0 atom stereocenters. The van der Waals surface area contributed by atoms with Crippen molar-refractivity contribution >= 4 is 34.7 Å². The van der Waals surface area contributed by atoms with E-state index < -0.39 is 17.7 Å². The van der Waals surface area contributed by atoms with Crippen molar-refractivity contribution in [3.63, 3.8) is 0 Å². The first-order chi connectivity index (χ1) is 16.8. The second-order valence-electron chi connectivity index (χ2n) is 8.00. The van der Waals surface area contributed by atoms with E-state index >= 15 is 0 Å². The Balaban J connectivity index is 1.43. The Kier molecular flexibility index (Phi) is 5.40. The van der Waals surface area contributed by atoms with Crippen molar-refractivity contribution in [1.29, 1.82) is 0 Å². The fourth-order valence-corrected chi connectivity index (χ4v) is 3.95.